The summed E-state index contributed by atoms with van der Waals surface area (Å²) in [5.41, 5.74) is -0.385. The molecule has 6 heteroatoms. The number of nitrogens with zero attached hydrogens (tertiary/aromatic N) is 1. The van der Waals surface area contributed by atoms with Crippen LogP contribution in [-0.4, -0.2) is 22.5 Å². The first-order valence-corrected chi connectivity index (χ1v) is 6.33. The normalized spacial score (nSPS) is 15.4. The van der Waals surface area contributed by atoms with E-state index in [1.807, 2.05) is 0 Å². The van der Waals surface area contributed by atoms with E-state index in [4.69, 9.17) is 0 Å². The largest absolute Gasteiger partial charge is 0.508 e. The van der Waals surface area contributed by atoms with Crippen molar-refractivity contribution in [3.63, 3.8) is 0 Å². The van der Waals surface area contributed by atoms with Crippen molar-refractivity contribution in [2.45, 2.75) is 25.7 Å². The van der Waals surface area contributed by atoms with Crippen LogP contribution < -0.4 is 5.32 Å². The summed E-state index contributed by atoms with van der Waals surface area (Å²) in [6, 6.07) is 3.47. The van der Waals surface area contributed by atoms with Crippen molar-refractivity contribution in [3.05, 3.63) is 33.9 Å². The zero-order valence-electron chi connectivity index (χ0n) is 10.5. The maximum absolute atomic E-state index is 12.0. The molecule has 1 aliphatic rings. The van der Waals surface area contributed by atoms with Crippen LogP contribution in [0.5, 0.6) is 5.75 Å². The summed E-state index contributed by atoms with van der Waals surface area (Å²) in [6.07, 6.45) is 4.52. The topological polar surface area (TPSA) is 92.5 Å². The molecule has 1 aromatic rings. The number of amides is 1. The molecule has 102 valence electrons. The lowest BCUT2D eigenvalue weighted by molar-refractivity contribution is -0.385. The fourth-order valence-electron chi connectivity index (χ4n) is 2.41. The highest BCUT2D eigenvalue weighted by Gasteiger charge is 2.22. The molecule has 0 saturated heterocycles. The summed E-state index contributed by atoms with van der Waals surface area (Å²) in [5, 5.41) is 22.9. The Balaban J connectivity index is 2.08. The van der Waals surface area contributed by atoms with E-state index < -0.39 is 10.8 Å². The highest BCUT2D eigenvalue weighted by Crippen LogP contribution is 2.25. The van der Waals surface area contributed by atoms with Crippen molar-refractivity contribution in [2.75, 3.05) is 6.54 Å². The van der Waals surface area contributed by atoms with Gasteiger partial charge in [-0.05, 0) is 30.9 Å². The minimum atomic E-state index is -0.621. The second-order valence-corrected chi connectivity index (χ2v) is 4.82. The van der Waals surface area contributed by atoms with Gasteiger partial charge in [0.25, 0.3) is 11.6 Å². The van der Waals surface area contributed by atoms with Crippen molar-refractivity contribution < 1.29 is 14.8 Å². The van der Waals surface area contributed by atoms with Gasteiger partial charge in [-0.2, -0.15) is 0 Å². The molecular weight excluding hydrogens is 248 g/mol. The van der Waals surface area contributed by atoms with Gasteiger partial charge in [-0.3, -0.25) is 14.9 Å². The van der Waals surface area contributed by atoms with Gasteiger partial charge in [-0.1, -0.05) is 12.8 Å². The van der Waals surface area contributed by atoms with Crippen LogP contribution in [0.25, 0.3) is 0 Å². The second-order valence-electron chi connectivity index (χ2n) is 4.82. The predicted octanol–water partition coefficient (Wildman–Crippen LogP) is 2.22. The number of benzene rings is 1. The Hall–Kier alpha value is -2.11. The summed E-state index contributed by atoms with van der Waals surface area (Å²) >= 11 is 0. The lowest BCUT2D eigenvalue weighted by atomic mass is 10.1. The van der Waals surface area contributed by atoms with Crippen molar-refractivity contribution in [1.29, 1.82) is 0 Å². The van der Waals surface area contributed by atoms with Gasteiger partial charge in [-0.25, -0.2) is 0 Å². The van der Waals surface area contributed by atoms with Gasteiger partial charge >= 0.3 is 0 Å². The van der Waals surface area contributed by atoms with Gasteiger partial charge in [0, 0.05) is 12.6 Å². The van der Waals surface area contributed by atoms with Gasteiger partial charge in [0.15, 0.2) is 0 Å². The number of phenols is 1. The summed E-state index contributed by atoms with van der Waals surface area (Å²) < 4.78 is 0. The molecule has 1 amide bonds. The molecule has 1 saturated carbocycles. The van der Waals surface area contributed by atoms with Crippen LogP contribution in [-0.2, 0) is 0 Å². The number of hydrogen-bond acceptors (Lipinski definition) is 4. The SMILES string of the molecule is O=C(NCC1CCCC1)c1cc(O)ccc1[N+](=O)[O-]. The number of phenolic OH excluding ortho intramolecular Hbond substituents is 1. The Morgan fingerprint density at radius 1 is 1.42 bits per heavy atom. The number of hydrogen-bond donors (Lipinski definition) is 2. The number of aromatic hydroxyl groups is 1. The minimum absolute atomic E-state index is 0.0944. The van der Waals surface area contributed by atoms with Crippen LogP contribution in [0.1, 0.15) is 36.0 Å². The van der Waals surface area contributed by atoms with Gasteiger partial charge < -0.3 is 10.4 Å². The molecule has 1 aliphatic carbocycles. The quantitative estimate of drug-likeness (QED) is 0.644. The van der Waals surface area contributed by atoms with Crippen LogP contribution in [0.4, 0.5) is 5.69 Å². The molecule has 0 bridgehead atoms. The zero-order chi connectivity index (χ0) is 13.8. The van der Waals surface area contributed by atoms with Gasteiger partial charge in [0.1, 0.15) is 11.3 Å². The van der Waals surface area contributed by atoms with E-state index in [1.54, 1.807) is 0 Å². The molecule has 2 rings (SSSR count). The van der Waals surface area contributed by atoms with Crippen molar-refractivity contribution >= 4 is 11.6 Å². The molecule has 0 aliphatic heterocycles. The van der Waals surface area contributed by atoms with Crippen LogP contribution in [0.3, 0.4) is 0 Å². The molecule has 1 fully saturated rings. The molecule has 19 heavy (non-hydrogen) atoms. The molecule has 0 atom stereocenters. The Morgan fingerprint density at radius 2 is 2.11 bits per heavy atom. The maximum Gasteiger partial charge on any atom is 0.282 e. The first kappa shape index (κ1) is 13.3. The van der Waals surface area contributed by atoms with Crippen molar-refractivity contribution in [3.8, 4) is 5.75 Å². The number of nitro groups is 1. The fraction of sp³-hybridized carbons (Fsp3) is 0.462. The summed E-state index contributed by atoms with van der Waals surface area (Å²) in [5.74, 6) is -0.202. The first-order valence-electron chi connectivity index (χ1n) is 6.33. The molecule has 6 nitrogen and oxygen atoms in total. The summed E-state index contributed by atoms with van der Waals surface area (Å²) in [6.45, 7) is 0.533. The third-order valence-electron chi connectivity index (χ3n) is 3.45. The summed E-state index contributed by atoms with van der Waals surface area (Å²) in [4.78, 5) is 22.2. The number of nitro benzene ring substituents is 1. The van der Waals surface area contributed by atoms with Crippen LogP contribution in [0.15, 0.2) is 18.2 Å². The van der Waals surface area contributed by atoms with Gasteiger partial charge in [-0.15, -0.1) is 0 Å². The lowest BCUT2D eigenvalue weighted by Crippen LogP contribution is -2.28. The van der Waals surface area contributed by atoms with E-state index in [1.165, 1.54) is 18.9 Å². The third-order valence-corrected chi connectivity index (χ3v) is 3.45. The molecule has 1 aromatic carbocycles. The molecule has 0 heterocycles. The van der Waals surface area contributed by atoms with Crippen LogP contribution in [0.2, 0.25) is 0 Å². The predicted molar refractivity (Wildman–Crippen MR) is 69.1 cm³/mol. The Kier molecular flexibility index (Phi) is 3.99. The maximum atomic E-state index is 12.0. The smallest absolute Gasteiger partial charge is 0.282 e. The van der Waals surface area contributed by atoms with E-state index >= 15 is 0 Å². The molecular formula is C13H16N2O4. The van der Waals surface area contributed by atoms with E-state index in [-0.39, 0.29) is 17.0 Å². The van der Waals surface area contributed by atoms with Gasteiger partial charge in [0.2, 0.25) is 0 Å². The number of carbonyl (C=O) groups is 1. The molecule has 0 unspecified atom stereocenters. The van der Waals surface area contributed by atoms with Crippen molar-refractivity contribution in [2.24, 2.45) is 5.92 Å². The Bertz CT molecular complexity index is 495. The molecule has 0 aromatic heterocycles. The number of carbonyl (C=O) groups excluding carboxylic acids is 1. The van der Waals surface area contributed by atoms with Crippen molar-refractivity contribution in [1.82, 2.24) is 5.32 Å². The fourth-order valence-corrected chi connectivity index (χ4v) is 2.41. The monoisotopic (exact) mass is 264 g/mol. The Labute approximate surface area is 110 Å². The third kappa shape index (κ3) is 3.21. The minimum Gasteiger partial charge on any atom is -0.508 e. The molecule has 2 N–H and O–H groups in total. The van der Waals surface area contributed by atoms with Gasteiger partial charge in [0.05, 0.1) is 4.92 Å². The van der Waals surface area contributed by atoms with E-state index in [9.17, 15) is 20.0 Å². The average Bonchev–Trinajstić information content (AvgIpc) is 2.88. The van der Waals surface area contributed by atoms with E-state index in [2.05, 4.69) is 5.32 Å². The number of rotatable bonds is 4. The highest BCUT2D eigenvalue weighted by molar-refractivity contribution is 5.98. The highest BCUT2D eigenvalue weighted by atomic mass is 16.6. The van der Waals surface area contributed by atoms with Crippen LogP contribution in [0, 0.1) is 16.0 Å². The molecule has 0 radical (unpaired) electrons. The Morgan fingerprint density at radius 3 is 2.74 bits per heavy atom. The lowest BCUT2D eigenvalue weighted by Gasteiger charge is -2.10. The van der Waals surface area contributed by atoms with E-state index in [0.717, 1.165) is 25.0 Å². The zero-order valence-corrected chi connectivity index (χ0v) is 10.5. The number of nitrogens with one attached hydrogen (secondary N) is 1. The summed E-state index contributed by atoms with van der Waals surface area (Å²) in [7, 11) is 0. The van der Waals surface area contributed by atoms with E-state index in [0.29, 0.717) is 12.5 Å². The standard InChI is InChI=1S/C13H16N2O4/c16-10-5-6-12(15(18)19)11(7-10)13(17)14-8-9-3-1-2-4-9/h5-7,9,16H,1-4,8H2,(H,14,17). The van der Waals surface area contributed by atoms with Crippen LogP contribution >= 0.6 is 0 Å². The first-order chi connectivity index (χ1) is 9.08. The molecule has 0 spiro atoms. The average molecular weight is 264 g/mol. The second kappa shape index (κ2) is 5.69.